The minimum absolute atomic E-state index is 0.270. The summed E-state index contributed by atoms with van der Waals surface area (Å²) in [5.74, 6) is -1.67. The summed E-state index contributed by atoms with van der Waals surface area (Å²) in [5.41, 5.74) is 4.96. The molecule has 0 saturated carbocycles. The van der Waals surface area contributed by atoms with Gasteiger partial charge in [-0.1, -0.05) is 18.2 Å². The number of hydrogen-bond donors (Lipinski definition) is 3. The first-order chi connectivity index (χ1) is 15.4. The first-order valence-electron chi connectivity index (χ1n) is 9.92. The lowest BCUT2D eigenvalue weighted by Crippen LogP contribution is -2.44. The number of benzene rings is 2. The van der Waals surface area contributed by atoms with Crippen molar-refractivity contribution >= 4 is 23.7 Å². The fourth-order valence-corrected chi connectivity index (χ4v) is 2.47. The summed E-state index contributed by atoms with van der Waals surface area (Å²) in [7, 11) is 0. The summed E-state index contributed by atoms with van der Waals surface area (Å²) < 4.78 is 15.7. The van der Waals surface area contributed by atoms with Crippen LogP contribution >= 0.6 is 0 Å². The van der Waals surface area contributed by atoms with E-state index in [0.717, 1.165) is 0 Å². The third-order valence-corrected chi connectivity index (χ3v) is 3.91. The number of hydrazine groups is 1. The normalized spacial score (nSPS) is 9.94. The Labute approximate surface area is 185 Å². The average Bonchev–Trinajstić information content (AvgIpc) is 2.81. The van der Waals surface area contributed by atoms with Crippen LogP contribution in [0.1, 0.15) is 34.6 Å². The highest BCUT2D eigenvalue weighted by molar-refractivity contribution is 5.97. The van der Waals surface area contributed by atoms with Gasteiger partial charge in [-0.05, 0) is 44.2 Å². The molecule has 0 aliphatic carbocycles. The van der Waals surface area contributed by atoms with Gasteiger partial charge < -0.3 is 19.5 Å². The summed E-state index contributed by atoms with van der Waals surface area (Å²) in [6.45, 7) is 3.41. The van der Waals surface area contributed by atoms with Gasteiger partial charge in [0.2, 0.25) is 0 Å². The summed E-state index contributed by atoms with van der Waals surface area (Å²) in [5, 5.41) is 2.40. The second kappa shape index (κ2) is 12.6. The van der Waals surface area contributed by atoms with Gasteiger partial charge in [-0.3, -0.25) is 30.0 Å². The van der Waals surface area contributed by atoms with E-state index in [0.29, 0.717) is 30.3 Å². The monoisotopic (exact) mass is 443 g/mol. The van der Waals surface area contributed by atoms with E-state index in [1.54, 1.807) is 36.4 Å². The Morgan fingerprint density at radius 1 is 0.781 bits per heavy atom. The first-order valence-corrected chi connectivity index (χ1v) is 9.92. The first kappa shape index (κ1) is 24.2. The third-order valence-electron chi connectivity index (χ3n) is 3.91. The Morgan fingerprint density at radius 3 is 2.16 bits per heavy atom. The topological polar surface area (TPSA) is 132 Å². The number of nitrogens with one attached hydrogen (secondary N) is 3. The Hall–Kier alpha value is -4.08. The van der Waals surface area contributed by atoms with Gasteiger partial charge >= 0.3 is 5.97 Å². The molecule has 0 bridgehead atoms. The highest BCUT2D eigenvalue weighted by Gasteiger charge is 2.14. The van der Waals surface area contributed by atoms with Crippen LogP contribution in [0, 0.1) is 0 Å². The number of rotatable bonds is 10. The lowest BCUT2D eigenvalue weighted by Gasteiger charge is -2.12. The zero-order chi connectivity index (χ0) is 23.3. The Kier molecular flexibility index (Phi) is 9.51. The summed E-state index contributed by atoms with van der Waals surface area (Å²) in [4.78, 5) is 47.6. The quantitative estimate of drug-likeness (QED) is 0.372. The standard InChI is InChI=1S/C22H25N3O7/c1-3-30-17-11-10-16(12-18(17)31-4-2)21(28)23-13-20(27)32-14-19(26)24-25-22(29)15-8-6-5-7-9-15/h5-12H,3-4,13-14H2,1-2H3,(H,23,28)(H,24,26)(H,25,29). The smallest absolute Gasteiger partial charge is 0.325 e. The molecule has 10 nitrogen and oxygen atoms in total. The van der Waals surface area contributed by atoms with Gasteiger partial charge in [0, 0.05) is 11.1 Å². The predicted molar refractivity (Wildman–Crippen MR) is 114 cm³/mol. The van der Waals surface area contributed by atoms with Gasteiger partial charge in [-0.25, -0.2) is 0 Å². The number of carbonyl (C=O) groups excluding carboxylic acids is 4. The summed E-state index contributed by atoms with van der Waals surface area (Å²) >= 11 is 0. The van der Waals surface area contributed by atoms with Crippen molar-refractivity contribution in [2.24, 2.45) is 0 Å². The van der Waals surface area contributed by atoms with Crippen LogP contribution in [0.2, 0.25) is 0 Å². The molecule has 0 unspecified atom stereocenters. The van der Waals surface area contributed by atoms with Crippen LogP contribution in [-0.4, -0.2) is 50.1 Å². The van der Waals surface area contributed by atoms with Crippen LogP contribution in [0.5, 0.6) is 11.5 Å². The zero-order valence-electron chi connectivity index (χ0n) is 17.8. The second-order valence-corrected chi connectivity index (χ2v) is 6.24. The molecule has 0 spiro atoms. The lowest BCUT2D eigenvalue weighted by atomic mass is 10.2. The maximum atomic E-state index is 12.3. The molecule has 3 amide bonds. The van der Waals surface area contributed by atoms with Gasteiger partial charge in [-0.15, -0.1) is 0 Å². The molecule has 170 valence electrons. The van der Waals surface area contributed by atoms with Crippen molar-refractivity contribution in [3.05, 3.63) is 59.7 Å². The molecule has 0 fully saturated rings. The van der Waals surface area contributed by atoms with Crippen molar-refractivity contribution in [1.82, 2.24) is 16.2 Å². The van der Waals surface area contributed by atoms with E-state index in [2.05, 4.69) is 16.2 Å². The van der Waals surface area contributed by atoms with Crippen LogP contribution in [0.15, 0.2) is 48.5 Å². The molecular formula is C22H25N3O7. The van der Waals surface area contributed by atoms with E-state index in [1.165, 1.54) is 12.1 Å². The molecule has 0 aliphatic rings. The number of ether oxygens (including phenoxy) is 3. The van der Waals surface area contributed by atoms with Crippen LogP contribution in [0.4, 0.5) is 0 Å². The van der Waals surface area contributed by atoms with Crippen molar-refractivity contribution in [2.45, 2.75) is 13.8 Å². The molecule has 10 heteroatoms. The average molecular weight is 443 g/mol. The van der Waals surface area contributed by atoms with Crippen LogP contribution in [0.25, 0.3) is 0 Å². The minimum Gasteiger partial charge on any atom is -0.490 e. The van der Waals surface area contributed by atoms with Crippen molar-refractivity contribution in [2.75, 3.05) is 26.4 Å². The van der Waals surface area contributed by atoms with E-state index in [9.17, 15) is 19.2 Å². The predicted octanol–water partition coefficient (Wildman–Crippen LogP) is 1.22. The summed E-state index contributed by atoms with van der Waals surface area (Å²) in [6, 6.07) is 12.9. The molecule has 0 radical (unpaired) electrons. The molecule has 0 heterocycles. The summed E-state index contributed by atoms with van der Waals surface area (Å²) in [6.07, 6.45) is 0. The molecule has 2 rings (SSSR count). The maximum absolute atomic E-state index is 12.3. The molecule has 2 aromatic rings. The van der Waals surface area contributed by atoms with Crippen LogP contribution in [0.3, 0.4) is 0 Å². The van der Waals surface area contributed by atoms with Crippen LogP contribution in [-0.2, 0) is 14.3 Å². The zero-order valence-corrected chi connectivity index (χ0v) is 17.8. The van der Waals surface area contributed by atoms with Crippen LogP contribution < -0.4 is 25.6 Å². The Balaban J connectivity index is 1.75. The molecule has 0 saturated heterocycles. The Morgan fingerprint density at radius 2 is 1.47 bits per heavy atom. The number of hydrogen-bond acceptors (Lipinski definition) is 7. The number of carbonyl (C=O) groups is 4. The second-order valence-electron chi connectivity index (χ2n) is 6.24. The largest absolute Gasteiger partial charge is 0.490 e. The van der Waals surface area contributed by atoms with Gasteiger partial charge in [0.1, 0.15) is 6.54 Å². The maximum Gasteiger partial charge on any atom is 0.325 e. The van der Waals surface area contributed by atoms with E-state index in [-0.39, 0.29) is 5.56 Å². The van der Waals surface area contributed by atoms with Crippen molar-refractivity contribution in [1.29, 1.82) is 0 Å². The molecule has 3 N–H and O–H groups in total. The molecule has 32 heavy (non-hydrogen) atoms. The highest BCUT2D eigenvalue weighted by atomic mass is 16.5. The Bertz CT molecular complexity index is 948. The molecule has 0 atom stereocenters. The van der Waals surface area contributed by atoms with Gasteiger partial charge in [0.05, 0.1) is 13.2 Å². The lowest BCUT2D eigenvalue weighted by molar-refractivity contribution is -0.147. The van der Waals surface area contributed by atoms with E-state index in [4.69, 9.17) is 14.2 Å². The fourth-order valence-electron chi connectivity index (χ4n) is 2.47. The van der Waals surface area contributed by atoms with Gasteiger partial charge in [-0.2, -0.15) is 0 Å². The minimum atomic E-state index is -0.821. The molecule has 0 aromatic heterocycles. The number of esters is 1. The highest BCUT2D eigenvalue weighted by Crippen LogP contribution is 2.28. The van der Waals surface area contributed by atoms with Crippen molar-refractivity contribution in [3.63, 3.8) is 0 Å². The van der Waals surface area contributed by atoms with Crippen molar-refractivity contribution < 1.29 is 33.4 Å². The van der Waals surface area contributed by atoms with Gasteiger partial charge in [0.15, 0.2) is 18.1 Å². The van der Waals surface area contributed by atoms with E-state index < -0.39 is 36.8 Å². The van der Waals surface area contributed by atoms with Crippen molar-refractivity contribution in [3.8, 4) is 11.5 Å². The van der Waals surface area contributed by atoms with E-state index >= 15 is 0 Å². The molecular weight excluding hydrogens is 418 g/mol. The number of amides is 3. The fraction of sp³-hybridized carbons (Fsp3) is 0.273. The SMILES string of the molecule is CCOc1ccc(C(=O)NCC(=O)OCC(=O)NNC(=O)c2ccccc2)cc1OCC. The van der Waals surface area contributed by atoms with E-state index in [1.807, 2.05) is 13.8 Å². The third kappa shape index (κ3) is 7.63. The molecule has 0 aliphatic heterocycles. The molecule has 2 aromatic carbocycles. The van der Waals surface area contributed by atoms with Gasteiger partial charge in [0.25, 0.3) is 17.7 Å².